The molecule has 3 amide bonds. The Morgan fingerprint density at radius 1 is 1.38 bits per heavy atom. The Labute approximate surface area is 128 Å². The number of aryl methyl sites for hydroxylation is 2. The molecule has 1 aromatic carbocycles. The smallest absolute Gasteiger partial charge is 0.249 e. The summed E-state index contributed by atoms with van der Waals surface area (Å²) < 4.78 is 0. The van der Waals surface area contributed by atoms with Gasteiger partial charge in [-0.25, -0.2) is 0 Å². The third-order valence-electron chi connectivity index (χ3n) is 3.44. The van der Waals surface area contributed by atoms with Crippen LogP contribution in [0.4, 0.5) is 0 Å². The molecule has 2 rings (SSSR count). The third-order valence-corrected chi connectivity index (χ3v) is 4.58. The zero-order valence-corrected chi connectivity index (χ0v) is 13.1. The van der Waals surface area contributed by atoms with Crippen LogP contribution in [0.2, 0.25) is 0 Å². The second-order valence-electron chi connectivity index (χ2n) is 5.17. The second-order valence-corrected chi connectivity index (χ2v) is 6.18. The minimum atomic E-state index is -0.602. The standard InChI is InChI=1S/C15H18N2O3S/c1-9-4-5-10(2)12(6-9)21-8-14(19)17-7-13(18)16-15(20)11(17)3/h4-6,11H,7-8H2,1-3H3,(H,16,18,20). The van der Waals surface area contributed by atoms with Gasteiger partial charge in [-0.15, -0.1) is 11.8 Å². The van der Waals surface area contributed by atoms with E-state index in [9.17, 15) is 14.4 Å². The van der Waals surface area contributed by atoms with Crippen LogP contribution in [0.5, 0.6) is 0 Å². The maximum absolute atomic E-state index is 12.2. The van der Waals surface area contributed by atoms with Crippen LogP contribution in [-0.2, 0) is 14.4 Å². The highest BCUT2D eigenvalue weighted by Crippen LogP contribution is 2.24. The highest BCUT2D eigenvalue weighted by molar-refractivity contribution is 8.00. The zero-order valence-electron chi connectivity index (χ0n) is 12.3. The van der Waals surface area contributed by atoms with Crippen LogP contribution in [-0.4, -0.2) is 41.0 Å². The lowest BCUT2D eigenvalue weighted by Gasteiger charge is -2.31. The van der Waals surface area contributed by atoms with Gasteiger partial charge < -0.3 is 4.90 Å². The summed E-state index contributed by atoms with van der Waals surface area (Å²) >= 11 is 1.43. The predicted molar refractivity (Wildman–Crippen MR) is 81.0 cm³/mol. The van der Waals surface area contributed by atoms with E-state index in [1.165, 1.54) is 16.7 Å². The van der Waals surface area contributed by atoms with Gasteiger partial charge in [-0.3, -0.25) is 19.7 Å². The van der Waals surface area contributed by atoms with E-state index in [1.54, 1.807) is 6.92 Å². The molecule has 1 aromatic rings. The second kappa shape index (κ2) is 6.30. The third kappa shape index (κ3) is 3.64. The number of benzene rings is 1. The van der Waals surface area contributed by atoms with Gasteiger partial charge in [-0.1, -0.05) is 17.7 Å². The Bertz CT molecular complexity index is 601. The minimum absolute atomic E-state index is 0.0564. The summed E-state index contributed by atoms with van der Waals surface area (Å²) in [5.41, 5.74) is 2.25. The molecular formula is C15H18N2O3S. The van der Waals surface area contributed by atoms with Crippen LogP contribution in [0.15, 0.2) is 23.1 Å². The molecule has 0 aliphatic carbocycles. The number of imide groups is 1. The Hall–Kier alpha value is -1.82. The van der Waals surface area contributed by atoms with Crippen LogP contribution >= 0.6 is 11.8 Å². The van der Waals surface area contributed by atoms with Gasteiger partial charge in [0.15, 0.2) is 0 Å². The van der Waals surface area contributed by atoms with Crippen LogP contribution < -0.4 is 5.32 Å². The Morgan fingerprint density at radius 2 is 2.10 bits per heavy atom. The fourth-order valence-electron chi connectivity index (χ4n) is 2.10. The number of hydrogen-bond donors (Lipinski definition) is 1. The molecule has 0 bridgehead atoms. The van der Waals surface area contributed by atoms with Crippen molar-refractivity contribution >= 4 is 29.5 Å². The highest BCUT2D eigenvalue weighted by Gasteiger charge is 2.33. The molecule has 0 radical (unpaired) electrons. The number of nitrogens with one attached hydrogen (secondary N) is 1. The average Bonchev–Trinajstić information content (AvgIpc) is 2.43. The molecule has 1 heterocycles. The molecule has 0 spiro atoms. The molecule has 1 atom stereocenters. The summed E-state index contributed by atoms with van der Waals surface area (Å²) in [6, 6.07) is 5.47. The molecule has 112 valence electrons. The molecular weight excluding hydrogens is 288 g/mol. The van der Waals surface area contributed by atoms with E-state index in [1.807, 2.05) is 32.0 Å². The van der Waals surface area contributed by atoms with Crippen molar-refractivity contribution < 1.29 is 14.4 Å². The molecule has 1 aliphatic rings. The van der Waals surface area contributed by atoms with Gasteiger partial charge in [0.25, 0.3) is 0 Å². The van der Waals surface area contributed by atoms with Crippen molar-refractivity contribution in [3.63, 3.8) is 0 Å². The summed E-state index contributed by atoms with van der Waals surface area (Å²) in [7, 11) is 0. The maximum atomic E-state index is 12.2. The molecule has 1 unspecified atom stereocenters. The number of carbonyl (C=O) groups excluding carboxylic acids is 3. The Morgan fingerprint density at radius 3 is 2.81 bits per heavy atom. The van der Waals surface area contributed by atoms with Crippen LogP contribution in [0.25, 0.3) is 0 Å². The molecule has 5 nitrogen and oxygen atoms in total. The van der Waals surface area contributed by atoms with Crippen molar-refractivity contribution in [2.24, 2.45) is 0 Å². The first-order chi connectivity index (χ1) is 9.88. The van der Waals surface area contributed by atoms with Gasteiger partial charge in [0.1, 0.15) is 12.6 Å². The number of nitrogens with zero attached hydrogens (tertiary/aromatic N) is 1. The molecule has 1 fully saturated rings. The SMILES string of the molecule is Cc1ccc(C)c(SCC(=O)N2CC(=O)NC(=O)C2C)c1. The van der Waals surface area contributed by atoms with Gasteiger partial charge in [0.2, 0.25) is 17.7 Å². The first kappa shape index (κ1) is 15.6. The maximum Gasteiger partial charge on any atom is 0.249 e. The van der Waals surface area contributed by atoms with Crippen molar-refractivity contribution in [2.75, 3.05) is 12.3 Å². The quantitative estimate of drug-likeness (QED) is 0.674. The minimum Gasteiger partial charge on any atom is -0.321 e. The number of piperazine rings is 1. The number of carbonyl (C=O) groups is 3. The van der Waals surface area contributed by atoms with Crippen molar-refractivity contribution in [3.8, 4) is 0 Å². The highest BCUT2D eigenvalue weighted by atomic mass is 32.2. The van der Waals surface area contributed by atoms with E-state index in [4.69, 9.17) is 0 Å². The molecule has 1 N–H and O–H groups in total. The molecule has 21 heavy (non-hydrogen) atoms. The summed E-state index contributed by atoms with van der Waals surface area (Å²) in [4.78, 5) is 37.6. The monoisotopic (exact) mass is 306 g/mol. The van der Waals surface area contributed by atoms with Gasteiger partial charge >= 0.3 is 0 Å². The Kier molecular flexibility index (Phi) is 4.67. The van der Waals surface area contributed by atoms with Crippen molar-refractivity contribution in [2.45, 2.75) is 31.7 Å². The van der Waals surface area contributed by atoms with Gasteiger partial charge in [-0.05, 0) is 32.4 Å². The summed E-state index contributed by atoms with van der Waals surface area (Å²) in [6.07, 6.45) is 0. The lowest BCUT2D eigenvalue weighted by atomic mass is 10.2. The Balaban J connectivity index is 2.02. The van der Waals surface area contributed by atoms with E-state index in [0.717, 1.165) is 16.0 Å². The molecule has 1 aliphatic heterocycles. The normalized spacial score (nSPS) is 18.6. The summed E-state index contributed by atoms with van der Waals surface area (Å²) in [6.45, 7) is 5.56. The molecule has 0 saturated carbocycles. The van der Waals surface area contributed by atoms with E-state index >= 15 is 0 Å². The fraction of sp³-hybridized carbons (Fsp3) is 0.400. The molecule has 0 aromatic heterocycles. The fourth-order valence-corrected chi connectivity index (χ4v) is 3.11. The van der Waals surface area contributed by atoms with Crippen LogP contribution in [0.3, 0.4) is 0 Å². The van der Waals surface area contributed by atoms with E-state index < -0.39 is 17.9 Å². The van der Waals surface area contributed by atoms with Gasteiger partial charge in [0, 0.05) is 4.90 Å². The lowest BCUT2D eigenvalue weighted by molar-refractivity contribution is -0.148. The van der Waals surface area contributed by atoms with Crippen molar-refractivity contribution in [1.29, 1.82) is 0 Å². The van der Waals surface area contributed by atoms with E-state index in [-0.39, 0.29) is 18.2 Å². The number of thioether (sulfide) groups is 1. The van der Waals surface area contributed by atoms with Gasteiger partial charge in [-0.2, -0.15) is 0 Å². The number of hydrogen-bond acceptors (Lipinski definition) is 4. The first-order valence-electron chi connectivity index (χ1n) is 6.71. The summed E-state index contributed by atoms with van der Waals surface area (Å²) in [5.74, 6) is -0.828. The van der Waals surface area contributed by atoms with Crippen molar-refractivity contribution in [3.05, 3.63) is 29.3 Å². The largest absolute Gasteiger partial charge is 0.321 e. The van der Waals surface area contributed by atoms with E-state index in [2.05, 4.69) is 5.32 Å². The summed E-state index contributed by atoms with van der Waals surface area (Å²) in [5, 5.41) is 2.23. The van der Waals surface area contributed by atoms with Crippen LogP contribution in [0.1, 0.15) is 18.1 Å². The number of amides is 3. The topological polar surface area (TPSA) is 66.5 Å². The van der Waals surface area contributed by atoms with E-state index in [0.29, 0.717) is 0 Å². The lowest BCUT2D eigenvalue weighted by Crippen LogP contribution is -2.59. The first-order valence-corrected chi connectivity index (χ1v) is 7.70. The van der Waals surface area contributed by atoms with Crippen LogP contribution in [0, 0.1) is 13.8 Å². The predicted octanol–water partition coefficient (Wildman–Crippen LogP) is 1.27. The molecule has 6 heteroatoms. The van der Waals surface area contributed by atoms with Crippen molar-refractivity contribution in [1.82, 2.24) is 10.2 Å². The average molecular weight is 306 g/mol. The van der Waals surface area contributed by atoms with Gasteiger partial charge in [0.05, 0.1) is 5.75 Å². The number of rotatable bonds is 3. The molecule has 1 saturated heterocycles. The zero-order chi connectivity index (χ0) is 15.6.